The Bertz CT molecular complexity index is 959. The minimum absolute atomic E-state index is 0.131. The van der Waals surface area contributed by atoms with E-state index in [1.54, 1.807) is 0 Å². The highest BCUT2D eigenvalue weighted by molar-refractivity contribution is 7.86. The molecular weight excluding hydrogens is 314 g/mol. The molecule has 0 fully saturated rings. The molecule has 3 aromatic rings. The highest BCUT2D eigenvalue weighted by Gasteiger charge is 2.21. The third kappa shape index (κ3) is 3.04. The largest absolute Gasteiger partial charge is 0.458 e. The molecule has 122 valence electrons. The molecule has 0 spiro atoms. The zero-order valence-corrected chi connectivity index (χ0v) is 14.1. The molecule has 6 heteroatoms. The minimum atomic E-state index is -3.62. The fourth-order valence-electron chi connectivity index (χ4n) is 2.64. The number of rotatable bonds is 5. The maximum absolute atomic E-state index is 11.4. The van der Waals surface area contributed by atoms with Gasteiger partial charge in [-0.05, 0) is 23.3 Å². The van der Waals surface area contributed by atoms with Crippen LogP contribution in [0.1, 0.15) is 31.9 Å². The topological polar surface area (TPSA) is 68.5 Å². The quantitative estimate of drug-likeness (QED) is 0.701. The summed E-state index contributed by atoms with van der Waals surface area (Å²) >= 11 is 0. The van der Waals surface area contributed by atoms with Crippen LogP contribution in [0.15, 0.2) is 40.8 Å². The number of hydrogen-bond donors (Lipinski definition) is 1. The van der Waals surface area contributed by atoms with Crippen LogP contribution in [0.25, 0.3) is 21.7 Å². The van der Waals surface area contributed by atoms with Crippen molar-refractivity contribution in [3.63, 3.8) is 0 Å². The van der Waals surface area contributed by atoms with Gasteiger partial charge < -0.3 is 4.42 Å². The van der Waals surface area contributed by atoms with E-state index in [0.717, 1.165) is 28.8 Å². The standard InChI is InChI=1S/C17H19NO4S/c1-4-11(2)17-16(18-22-23(3,19)20)15-13-8-6-5-7-12(13)9-10-14(15)21-17/h5-11,18H,4H2,1-3H3. The van der Waals surface area contributed by atoms with Crippen LogP contribution in [0.3, 0.4) is 0 Å². The van der Waals surface area contributed by atoms with Gasteiger partial charge in [-0.3, -0.25) is 0 Å². The molecule has 1 aromatic heterocycles. The first-order valence-electron chi connectivity index (χ1n) is 7.49. The van der Waals surface area contributed by atoms with Gasteiger partial charge in [0.05, 0.1) is 11.6 Å². The van der Waals surface area contributed by atoms with Crippen LogP contribution in [0, 0.1) is 0 Å². The molecule has 0 aliphatic rings. The van der Waals surface area contributed by atoms with Crippen LogP contribution in [-0.2, 0) is 14.4 Å². The van der Waals surface area contributed by atoms with E-state index in [1.807, 2.05) is 43.3 Å². The summed E-state index contributed by atoms with van der Waals surface area (Å²) < 4.78 is 33.5. The average molecular weight is 333 g/mol. The van der Waals surface area contributed by atoms with Crippen molar-refractivity contribution < 1.29 is 17.1 Å². The fourth-order valence-corrected chi connectivity index (χ4v) is 2.87. The Kier molecular flexibility index (Phi) is 4.04. The molecule has 0 amide bonds. The van der Waals surface area contributed by atoms with E-state index >= 15 is 0 Å². The van der Waals surface area contributed by atoms with E-state index in [1.165, 1.54) is 0 Å². The van der Waals surface area contributed by atoms with Crippen LogP contribution in [0.2, 0.25) is 0 Å². The smallest absolute Gasteiger partial charge is 0.284 e. The molecule has 3 rings (SSSR count). The SMILES string of the molecule is CCC(C)c1oc2ccc3ccccc3c2c1NOS(C)(=O)=O. The molecule has 1 heterocycles. The number of fused-ring (bicyclic) bond motifs is 3. The zero-order valence-electron chi connectivity index (χ0n) is 13.3. The highest BCUT2D eigenvalue weighted by Crippen LogP contribution is 2.40. The lowest BCUT2D eigenvalue weighted by atomic mass is 10.0. The van der Waals surface area contributed by atoms with Crippen LogP contribution in [0.4, 0.5) is 5.69 Å². The second kappa shape index (κ2) is 5.86. The number of hydrogen-bond acceptors (Lipinski definition) is 5. The van der Waals surface area contributed by atoms with E-state index in [9.17, 15) is 8.42 Å². The van der Waals surface area contributed by atoms with Crippen molar-refractivity contribution in [1.29, 1.82) is 0 Å². The molecule has 0 aliphatic carbocycles. The van der Waals surface area contributed by atoms with Crippen molar-refractivity contribution >= 4 is 37.5 Å². The Morgan fingerprint density at radius 2 is 1.96 bits per heavy atom. The summed E-state index contributed by atoms with van der Waals surface area (Å²) in [5, 5.41) is 2.88. The summed E-state index contributed by atoms with van der Waals surface area (Å²) in [6.45, 7) is 4.09. The Labute approximate surface area is 135 Å². The molecular formula is C17H19NO4S. The molecule has 2 aromatic carbocycles. The number of furan rings is 1. The predicted molar refractivity (Wildman–Crippen MR) is 92.0 cm³/mol. The van der Waals surface area contributed by atoms with Gasteiger partial charge in [0, 0.05) is 5.92 Å². The lowest BCUT2D eigenvalue weighted by Crippen LogP contribution is -2.10. The van der Waals surface area contributed by atoms with Crippen molar-refractivity contribution in [2.75, 3.05) is 11.7 Å². The number of benzene rings is 2. The maximum Gasteiger partial charge on any atom is 0.284 e. The van der Waals surface area contributed by atoms with Gasteiger partial charge in [-0.1, -0.05) is 44.2 Å². The van der Waals surface area contributed by atoms with Gasteiger partial charge >= 0.3 is 0 Å². The first-order valence-corrected chi connectivity index (χ1v) is 9.31. The van der Waals surface area contributed by atoms with Crippen LogP contribution >= 0.6 is 0 Å². The second-order valence-electron chi connectivity index (χ2n) is 5.70. The summed E-state index contributed by atoms with van der Waals surface area (Å²) in [7, 11) is -3.62. The first kappa shape index (κ1) is 15.8. The lowest BCUT2D eigenvalue weighted by Gasteiger charge is -2.10. The summed E-state index contributed by atoms with van der Waals surface area (Å²) in [5.41, 5.74) is 3.89. The van der Waals surface area contributed by atoms with Gasteiger partial charge in [-0.2, -0.15) is 12.7 Å². The molecule has 23 heavy (non-hydrogen) atoms. The van der Waals surface area contributed by atoms with Gasteiger partial charge in [-0.15, -0.1) is 0 Å². The molecule has 0 saturated carbocycles. The van der Waals surface area contributed by atoms with Gasteiger partial charge in [0.25, 0.3) is 10.1 Å². The molecule has 5 nitrogen and oxygen atoms in total. The van der Waals surface area contributed by atoms with Crippen molar-refractivity contribution in [2.24, 2.45) is 0 Å². The van der Waals surface area contributed by atoms with E-state index in [2.05, 4.69) is 12.4 Å². The maximum atomic E-state index is 11.4. The predicted octanol–water partition coefficient (Wildman–Crippen LogP) is 4.40. The summed E-state index contributed by atoms with van der Waals surface area (Å²) in [4.78, 5) is 0. The summed E-state index contributed by atoms with van der Waals surface area (Å²) in [6, 6.07) is 11.8. The molecule has 0 saturated heterocycles. The molecule has 0 bridgehead atoms. The average Bonchev–Trinajstić information content (AvgIpc) is 2.90. The van der Waals surface area contributed by atoms with Crippen LogP contribution in [-0.4, -0.2) is 14.7 Å². The van der Waals surface area contributed by atoms with Crippen molar-refractivity contribution in [3.05, 3.63) is 42.2 Å². The normalized spacial score (nSPS) is 13.5. The molecule has 1 N–H and O–H groups in total. The fraction of sp³-hybridized carbons (Fsp3) is 0.294. The van der Waals surface area contributed by atoms with Crippen molar-refractivity contribution in [3.8, 4) is 0 Å². The molecule has 1 unspecified atom stereocenters. The van der Waals surface area contributed by atoms with E-state index in [-0.39, 0.29) is 5.92 Å². The monoisotopic (exact) mass is 333 g/mol. The van der Waals surface area contributed by atoms with Crippen LogP contribution < -0.4 is 5.48 Å². The third-order valence-electron chi connectivity index (χ3n) is 3.96. The van der Waals surface area contributed by atoms with E-state index in [0.29, 0.717) is 17.0 Å². The minimum Gasteiger partial charge on any atom is -0.458 e. The number of anilines is 1. The van der Waals surface area contributed by atoms with Crippen molar-refractivity contribution in [2.45, 2.75) is 26.2 Å². The molecule has 0 radical (unpaired) electrons. The Balaban J connectivity index is 2.28. The zero-order chi connectivity index (χ0) is 16.6. The Morgan fingerprint density at radius 1 is 1.22 bits per heavy atom. The van der Waals surface area contributed by atoms with Gasteiger partial charge in [-0.25, -0.2) is 5.48 Å². The highest BCUT2D eigenvalue weighted by atomic mass is 32.2. The molecule has 1 atom stereocenters. The van der Waals surface area contributed by atoms with E-state index in [4.69, 9.17) is 8.70 Å². The summed E-state index contributed by atoms with van der Waals surface area (Å²) in [5.74, 6) is 0.828. The van der Waals surface area contributed by atoms with Gasteiger partial charge in [0.2, 0.25) is 0 Å². The van der Waals surface area contributed by atoms with Crippen molar-refractivity contribution in [1.82, 2.24) is 0 Å². The Hall–Kier alpha value is -2.05. The first-order chi connectivity index (χ1) is 10.9. The number of nitrogens with one attached hydrogen (secondary N) is 1. The van der Waals surface area contributed by atoms with E-state index < -0.39 is 10.1 Å². The van der Waals surface area contributed by atoms with Gasteiger partial charge in [0.15, 0.2) is 0 Å². The lowest BCUT2D eigenvalue weighted by molar-refractivity contribution is 0.392. The van der Waals surface area contributed by atoms with Gasteiger partial charge in [0.1, 0.15) is 17.0 Å². The summed E-state index contributed by atoms with van der Waals surface area (Å²) in [6.07, 6.45) is 1.87. The second-order valence-corrected chi connectivity index (χ2v) is 7.27. The van der Waals surface area contributed by atoms with Crippen LogP contribution in [0.5, 0.6) is 0 Å². The Morgan fingerprint density at radius 3 is 2.65 bits per heavy atom. The third-order valence-corrected chi connectivity index (χ3v) is 4.35. The molecule has 0 aliphatic heterocycles.